The standard InChI is InChI=1S/C14H12BrClO2/c1-18-13-8-10(4-7-12(13)16)14(17)9-2-5-11(15)6-3-9/h2-8,14,17H,1H3. The number of aliphatic hydroxyl groups is 1. The molecule has 2 aromatic carbocycles. The van der Waals surface area contributed by atoms with Crippen LogP contribution in [-0.4, -0.2) is 12.2 Å². The lowest BCUT2D eigenvalue weighted by Gasteiger charge is -2.13. The maximum absolute atomic E-state index is 10.3. The summed E-state index contributed by atoms with van der Waals surface area (Å²) in [7, 11) is 1.55. The smallest absolute Gasteiger partial charge is 0.137 e. The van der Waals surface area contributed by atoms with Gasteiger partial charge in [-0.1, -0.05) is 45.7 Å². The summed E-state index contributed by atoms with van der Waals surface area (Å²) in [5, 5.41) is 10.8. The van der Waals surface area contributed by atoms with Gasteiger partial charge in [-0.25, -0.2) is 0 Å². The molecule has 0 aromatic heterocycles. The number of ether oxygens (including phenoxy) is 1. The van der Waals surface area contributed by atoms with Crippen molar-refractivity contribution in [3.63, 3.8) is 0 Å². The van der Waals surface area contributed by atoms with Crippen molar-refractivity contribution in [1.82, 2.24) is 0 Å². The van der Waals surface area contributed by atoms with Crippen molar-refractivity contribution in [2.45, 2.75) is 6.10 Å². The molecule has 1 unspecified atom stereocenters. The van der Waals surface area contributed by atoms with Crippen molar-refractivity contribution in [2.75, 3.05) is 7.11 Å². The highest BCUT2D eigenvalue weighted by Crippen LogP contribution is 2.30. The summed E-state index contributed by atoms with van der Waals surface area (Å²) in [5.41, 5.74) is 1.57. The second-order valence-corrected chi connectivity index (χ2v) is 5.17. The fourth-order valence-corrected chi connectivity index (χ4v) is 2.14. The highest BCUT2D eigenvalue weighted by Gasteiger charge is 2.12. The van der Waals surface area contributed by atoms with Gasteiger partial charge in [-0.15, -0.1) is 0 Å². The Morgan fingerprint density at radius 3 is 2.33 bits per heavy atom. The Morgan fingerprint density at radius 2 is 1.72 bits per heavy atom. The molecule has 2 aromatic rings. The lowest BCUT2D eigenvalue weighted by molar-refractivity contribution is 0.220. The number of rotatable bonds is 3. The van der Waals surface area contributed by atoms with E-state index in [-0.39, 0.29) is 0 Å². The van der Waals surface area contributed by atoms with Crippen LogP contribution in [0.15, 0.2) is 46.9 Å². The van der Waals surface area contributed by atoms with Crippen LogP contribution in [-0.2, 0) is 0 Å². The molecule has 1 atom stereocenters. The van der Waals surface area contributed by atoms with Crippen LogP contribution < -0.4 is 4.74 Å². The normalized spacial score (nSPS) is 12.2. The summed E-state index contributed by atoms with van der Waals surface area (Å²) in [6, 6.07) is 12.8. The van der Waals surface area contributed by atoms with Crippen molar-refractivity contribution in [3.8, 4) is 5.75 Å². The molecule has 0 radical (unpaired) electrons. The summed E-state index contributed by atoms with van der Waals surface area (Å²) in [5.74, 6) is 0.560. The van der Waals surface area contributed by atoms with Crippen molar-refractivity contribution in [2.24, 2.45) is 0 Å². The van der Waals surface area contributed by atoms with Crippen LogP contribution in [0.2, 0.25) is 5.02 Å². The fraction of sp³-hybridized carbons (Fsp3) is 0.143. The van der Waals surface area contributed by atoms with E-state index in [9.17, 15) is 5.11 Å². The molecule has 94 valence electrons. The number of aliphatic hydroxyl groups excluding tert-OH is 1. The molecule has 0 aliphatic heterocycles. The number of halogens is 2. The van der Waals surface area contributed by atoms with Gasteiger partial charge in [0.2, 0.25) is 0 Å². The number of benzene rings is 2. The molecule has 4 heteroatoms. The van der Waals surface area contributed by atoms with Crippen LogP contribution >= 0.6 is 27.5 Å². The maximum Gasteiger partial charge on any atom is 0.137 e. The molecular weight excluding hydrogens is 316 g/mol. The topological polar surface area (TPSA) is 29.5 Å². The summed E-state index contributed by atoms with van der Waals surface area (Å²) >= 11 is 9.32. The molecule has 0 bridgehead atoms. The highest BCUT2D eigenvalue weighted by molar-refractivity contribution is 9.10. The molecule has 0 heterocycles. The Morgan fingerprint density at radius 1 is 1.11 bits per heavy atom. The Bertz CT molecular complexity index is 540. The van der Waals surface area contributed by atoms with E-state index < -0.39 is 6.10 Å². The Hall–Kier alpha value is -1.03. The van der Waals surface area contributed by atoms with E-state index in [4.69, 9.17) is 16.3 Å². The molecule has 0 fully saturated rings. The van der Waals surface area contributed by atoms with E-state index in [1.54, 1.807) is 25.3 Å². The molecule has 1 N–H and O–H groups in total. The quantitative estimate of drug-likeness (QED) is 0.916. The second-order valence-electron chi connectivity index (χ2n) is 3.85. The summed E-state index contributed by atoms with van der Waals surface area (Å²) in [6.07, 6.45) is -0.690. The first-order chi connectivity index (χ1) is 8.61. The van der Waals surface area contributed by atoms with Crippen molar-refractivity contribution in [1.29, 1.82) is 0 Å². The van der Waals surface area contributed by atoms with Crippen molar-refractivity contribution in [3.05, 3.63) is 63.1 Å². The molecular formula is C14H12BrClO2. The third kappa shape index (κ3) is 2.86. The molecule has 18 heavy (non-hydrogen) atoms. The summed E-state index contributed by atoms with van der Waals surface area (Å²) < 4.78 is 6.12. The lowest BCUT2D eigenvalue weighted by Crippen LogP contribution is -2.00. The van der Waals surface area contributed by atoms with Crippen LogP contribution in [0.3, 0.4) is 0 Å². The van der Waals surface area contributed by atoms with Crippen molar-refractivity contribution < 1.29 is 9.84 Å². The number of hydrogen-bond acceptors (Lipinski definition) is 2. The van der Waals surface area contributed by atoms with Gasteiger partial charge in [-0.3, -0.25) is 0 Å². The van der Waals surface area contributed by atoms with Crippen LogP contribution in [0, 0.1) is 0 Å². The van der Waals surface area contributed by atoms with E-state index in [0.717, 1.165) is 15.6 Å². The monoisotopic (exact) mass is 326 g/mol. The number of hydrogen-bond donors (Lipinski definition) is 1. The van der Waals surface area contributed by atoms with E-state index in [1.165, 1.54) is 0 Å². The maximum atomic E-state index is 10.3. The van der Waals surface area contributed by atoms with Gasteiger partial charge in [0.25, 0.3) is 0 Å². The third-order valence-electron chi connectivity index (χ3n) is 2.68. The third-order valence-corrected chi connectivity index (χ3v) is 3.52. The van der Waals surface area contributed by atoms with Gasteiger partial charge in [-0.2, -0.15) is 0 Å². The van der Waals surface area contributed by atoms with E-state index >= 15 is 0 Å². The molecule has 0 saturated heterocycles. The van der Waals surface area contributed by atoms with Gasteiger partial charge in [0.1, 0.15) is 11.9 Å². The SMILES string of the molecule is COc1cc(C(O)c2ccc(Br)cc2)ccc1Cl. The first-order valence-corrected chi connectivity index (χ1v) is 6.56. The second kappa shape index (κ2) is 5.74. The van der Waals surface area contributed by atoms with Crippen molar-refractivity contribution >= 4 is 27.5 Å². The molecule has 0 spiro atoms. The van der Waals surface area contributed by atoms with Gasteiger partial charge in [0.15, 0.2) is 0 Å². The minimum absolute atomic E-state index is 0.532. The van der Waals surface area contributed by atoms with E-state index in [1.807, 2.05) is 24.3 Å². The Kier molecular flexibility index (Phi) is 4.27. The zero-order chi connectivity index (χ0) is 13.1. The average molecular weight is 328 g/mol. The Labute approximate surface area is 119 Å². The predicted molar refractivity (Wildman–Crippen MR) is 76.2 cm³/mol. The fourth-order valence-electron chi connectivity index (χ4n) is 1.68. The van der Waals surface area contributed by atoms with Crippen LogP contribution in [0.5, 0.6) is 5.75 Å². The number of methoxy groups -OCH3 is 1. The molecule has 0 aliphatic carbocycles. The molecule has 0 amide bonds. The first kappa shape index (κ1) is 13.4. The average Bonchev–Trinajstić information content (AvgIpc) is 2.39. The lowest BCUT2D eigenvalue weighted by atomic mass is 10.0. The zero-order valence-corrected chi connectivity index (χ0v) is 12.1. The van der Waals surface area contributed by atoms with Crippen LogP contribution in [0.1, 0.15) is 17.2 Å². The van der Waals surface area contributed by atoms with Gasteiger partial charge in [0, 0.05) is 4.47 Å². The molecule has 0 saturated carbocycles. The summed E-state index contributed by atoms with van der Waals surface area (Å²) in [6.45, 7) is 0. The minimum Gasteiger partial charge on any atom is -0.495 e. The van der Waals surface area contributed by atoms with Gasteiger partial charge >= 0.3 is 0 Å². The Balaban J connectivity index is 2.33. The molecule has 0 aliphatic rings. The molecule has 2 nitrogen and oxygen atoms in total. The minimum atomic E-state index is -0.690. The highest BCUT2D eigenvalue weighted by atomic mass is 79.9. The van der Waals surface area contributed by atoms with E-state index in [0.29, 0.717) is 10.8 Å². The van der Waals surface area contributed by atoms with Gasteiger partial charge < -0.3 is 9.84 Å². The van der Waals surface area contributed by atoms with Gasteiger partial charge in [-0.05, 0) is 35.4 Å². The van der Waals surface area contributed by atoms with Gasteiger partial charge in [0.05, 0.1) is 12.1 Å². The zero-order valence-electron chi connectivity index (χ0n) is 9.73. The van der Waals surface area contributed by atoms with Crippen LogP contribution in [0.4, 0.5) is 0 Å². The molecule has 2 rings (SSSR count). The van der Waals surface area contributed by atoms with Crippen LogP contribution in [0.25, 0.3) is 0 Å². The predicted octanol–water partition coefficient (Wildman–Crippen LogP) is 4.19. The first-order valence-electron chi connectivity index (χ1n) is 5.39. The summed E-state index contributed by atoms with van der Waals surface area (Å²) in [4.78, 5) is 0. The largest absolute Gasteiger partial charge is 0.495 e. The van der Waals surface area contributed by atoms with E-state index in [2.05, 4.69) is 15.9 Å².